The minimum atomic E-state index is -0.757. The monoisotopic (exact) mass is 501 g/mol. The topological polar surface area (TPSA) is 80.2 Å². The summed E-state index contributed by atoms with van der Waals surface area (Å²) in [5.41, 5.74) is 6.91. The fourth-order valence-corrected chi connectivity index (χ4v) is 7.43. The second-order valence-electron chi connectivity index (χ2n) is 10.9. The van der Waals surface area contributed by atoms with E-state index in [-0.39, 0.29) is 28.8 Å². The maximum Gasteiger partial charge on any atom is 0.151 e. The van der Waals surface area contributed by atoms with Gasteiger partial charge in [-0.2, -0.15) is 0 Å². The number of aliphatic hydroxyl groups excluding tert-OH is 1. The molecule has 0 aromatic carbocycles. The molecule has 3 saturated carbocycles. The molecule has 7 heteroatoms. The summed E-state index contributed by atoms with van der Waals surface area (Å²) in [6.45, 7) is 8.40. The quantitative estimate of drug-likeness (QED) is 0.121. The number of nitrogens with zero attached hydrogens (tertiary/aromatic N) is 2. The molecule has 0 spiro atoms. The molecule has 3 aliphatic carbocycles. The van der Waals surface area contributed by atoms with Crippen LogP contribution in [-0.2, 0) is 4.74 Å². The molecule has 0 saturated heterocycles. The number of amidine groups is 1. The van der Waals surface area contributed by atoms with E-state index in [9.17, 15) is 5.11 Å². The molecule has 3 aliphatic rings. The van der Waals surface area contributed by atoms with Crippen molar-refractivity contribution < 1.29 is 9.84 Å². The summed E-state index contributed by atoms with van der Waals surface area (Å²) in [6, 6.07) is -0.0902. The summed E-state index contributed by atoms with van der Waals surface area (Å²) >= 11 is 13.2. The molecular weight excluding hydrogens is 457 g/mol. The Morgan fingerprint density at radius 2 is 1.82 bits per heavy atom. The van der Waals surface area contributed by atoms with Crippen molar-refractivity contribution in [2.24, 2.45) is 38.9 Å². The maximum atomic E-state index is 9.47. The van der Waals surface area contributed by atoms with Crippen LogP contribution in [0.4, 0.5) is 0 Å². The molecule has 5 nitrogen and oxygen atoms in total. The number of rotatable bonds is 11. The van der Waals surface area contributed by atoms with Gasteiger partial charge in [0.2, 0.25) is 0 Å². The predicted molar refractivity (Wildman–Crippen MR) is 140 cm³/mol. The molecule has 0 aliphatic heterocycles. The number of hydrogen-bond donors (Lipinski definition) is 2. The molecule has 4 unspecified atom stereocenters. The molecule has 0 heterocycles. The highest BCUT2D eigenvalue weighted by Crippen LogP contribution is 2.55. The number of aliphatic imine (C=N–C) groups is 2. The maximum absolute atomic E-state index is 9.47. The smallest absolute Gasteiger partial charge is 0.151 e. The van der Waals surface area contributed by atoms with Crippen molar-refractivity contribution in [3.63, 3.8) is 0 Å². The minimum Gasteiger partial charge on any atom is -0.387 e. The summed E-state index contributed by atoms with van der Waals surface area (Å²) in [7, 11) is 0. The van der Waals surface area contributed by atoms with Gasteiger partial charge < -0.3 is 15.6 Å². The van der Waals surface area contributed by atoms with Gasteiger partial charge in [0.25, 0.3) is 0 Å². The summed E-state index contributed by atoms with van der Waals surface area (Å²) in [5, 5.41) is 9.88. The summed E-state index contributed by atoms with van der Waals surface area (Å²) in [6.07, 6.45) is 11.9. The van der Waals surface area contributed by atoms with E-state index in [0.717, 1.165) is 70.0 Å². The normalized spacial score (nSPS) is 38.2. The van der Waals surface area contributed by atoms with E-state index < -0.39 is 6.29 Å². The average Bonchev–Trinajstić information content (AvgIpc) is 2.76. The fraction of sp³-hybridized carbons (Fsp3) is 0.923. The minimum absolute atomic E-state index is 0.00343. The average molecular weight is 503 g/mol. The number of aliphatic hydroxyl groups is 1. The Kier molecular flexibility index (Phi) is 10.4. The van der Waals surface area contributed by atoms with Crippen LogP contribution in [0.3, 0.4) is 0 Å². The zero-order valence-electron chi connectivity index (χ0n) is 20.6. The number of halogens is 2. The van der Waals surface area contributed by atoms with Crippen LogP contribution < -0.4 is 5.73 Å². The molecular formula is C26H45Cl2N3O2. The highest BCUT2D eigenvalue weighted by Gasteiger charge is 2.51. The molecule has 0 amide bonds. The lowest BCUT2D eigenvalue weighted by Crippen LogP contribution is -2.53. The molecule has 3 fully saturated rings. The third-order valence-electron chi connectivity index (χ3n) is 8.46. The third-order valence-corrected chi connectivity index (χ3v) is 9.44. The Hall–Kier alpha value is -0.360. The van der Waals surface area contributed by atoms with Gasteiger partial charge in [0.05, 0.1) is 12.1 Å². The van der Waals surface area contributed by atoms with Gasteiger partial charge in [-0.05, 0) is 95.6 Å². The first-order valence-electron chi connectivity index (χ1n) is 13.1. The van der Waals surface area contributed by atoms with Crippen LogP contribution in [0.1, 0.15) is 90.9 Å². The summed E-state index contributed by atoms with van der Waals surface area (Å²) in [5.74, 6) is 2.34. The lowest BCUT2D eigenvalue weighted by atomic mass is 9.53. The van der Waals surface area contributed by atoms with Gasteiger partial charge >= 0.3 is 0 Å². The standard InChI is InChI=1S/C26H45Cl2N3O2/c1-17-15-26(16-17,19-10-12-20(27)13-11-19)25(29)31-23(9-6-14-33-18(2)32)24(30-3)21-7-4-5-8-22(21)28/h17-24,32H,3-16H2,1-2H3,(H2,29,31)/t17?,18?,19?,20?,21-,22?,23?,24?,26?/m1/s1. The first kappa shape index (κ1) is 27.2. The Morgan fingerprint density at radius 3 is 2.39 bits per heavy atom. The first-order chi connectivity index (χ1) is 15.8. The summed E-state index contributed by atoms with van der Waals surface area (Å²) in [4.78, 5) is 9.84. The van der Waals surface area contributed by atoms with Gasteiger partial charge in [0.1, 0.15) is 5.84 Å². The zero-order valence-corrected chi connectivity index (χ0v) is 22.1. The Balaban J connectivity index is 1.81. The zero-order chi connectivity index (χ0) is 24.0. The molecule has 0 radical (unpaired) electrons. The van der Waals surface area contributed by atoms with Crippen LogP contribution in [0.2, 0.25) is 0 Å². The molecule has 0 aromatic rings. The van der Waals surface area contributed by atoms with Crippen molar-refractivity contribution in [3.8, 4) is 0 Å². The lowest BCUT2D eigenvalue weighted by molar-refractivity contribution is -0.0862. The van der Waals surface area contributed by atoms with Gasteiger partial charge in [-0.25, -0.2) is 0 Å². The fourth-order valence-electron chi connectivity index (χ4n) is 6.75. The molecule has 33 heavy (non-hydrogen) atoms. The van der Waals surface area contributed by atoms with Crippen LogP contribution in [0, 0.1) is 23.2 Å². The van der Waals surface area contributed by atoms with Crippen molar-refractivity contribution in [2.45, 2.75) is 120 Å². The first-order valence-corrected chi connectivity index (χ1v) is 14.0. The van der Waals surface area contributed by atoms with Crippen LogP contribution in [-0.4, -0.2) is 53.4 Å². The predicted octanol–water partition coefficient (Wildman–Crippen LogP) is 5.93. The number of hydrogen-bond acceptors (Lipinski definition) is 4. The Morgan fingerprint density at radius 1 is 1.15 bits per heavy atom. The number of alkyl halides is 2. The number of nitrogens with two attached hydrogens (primary N) is 1. The molecule has 190 valence electrons. The van der Waals surface area contributed by atoms with Gasteiger partial charge in [-0.3, -0.25) is 9.98 Å². The lowest BCUT2D eigenvalue weighted by Gasteiger charge is -2.53. The molecule has 0 bridgehead atoms. The van der Waals surface area contributed by atoms with Gasteiger partial charge in [-0.1, -0.05) is 19.8 Å². The van der Waals surface area contributed by atoms with Gasteiger partial charge in [-0.15, -0.1) is 23.2 Å². The van der Waals surface area contributed by atoms with Gasteiger partial charge in [0.15, 0.2) is 6.29 Å². The third kappa shape index (κ3) is 6.86. The van der Waals surface area contributed by atoms with Crippen LogP contribution in [0.5, 0.6) is 0 Å². The van der Waals surface area contributed by atoms with Gasteiger partial charge in [0, 0.05) is 22.8 Å². The molecule has 3 rings (SSSR count). The van der Waals surface area contributed by atoms with E-state index in [1.54, 1.807) is 6.92 Å². The molecule has 0 aromatic heterocycles. The highest BCUT2D eigenvalue weighted by molar-refractivity contribution is 6.21. The van der Waals surface area contributed by atoms with Crippen molar-refractivity contribution in [3.05, 3.63) is 0 Å². The van der Waals surface area contributed by atoms with E-state index in [2.05, 4.69) is 18.6 Å². The second-order valence-corrected chi connectivity index (χ2v) is 12.1. The molecule has 3 N–H and O–H groups in total. The number of ether oxygens (including phenoxy) is 1. The Bertz CT molecular complexity index is 645. The van der Waals surface area contributed by atoms with Crippen molar-refractivity contribution in [2.75, 3.05) is 6.61 Å². The summed E-state index contributed by atoms with van der Waals surface area (Å²) < 4.78 is 5.39. The van der Waals surface area contributed by atoms with E-state index >= 15 is 0 Å². The second kappa shape index (κ2) is 12.6. The highest BCUT2D eigenvalue weighted by atomic mass is 35.5. The van der Waals surface area contributed by atoms with E-state index in [1.807, 2.05) is 0 Å². The largest absolute Gasteiger partial charge is 0.387 e. The van der Waals surface area contributed by atoms with Crippen LogP contribution >= 0.6 is 23.2 Å². The van der Waals surface area contributed by atoms with E-state index in [4.69, 9.17) is 38.7 Å². The Labute approximate surface area is 210 Å². The molecule has 5 atom stereocenters. The van der Waals surface area contributed by atoms with Crippen LogP contribution in [0.15, 0.2) is 9.98 Å². The van der Waals surface area contributed by atoms with E-state index in [0.29, 0.717) is 23.8 Å². The van der Waals surface area contributed by atoms with Crippen LogP contribution in [0.25, 0.3) is 0 Å². The van der Waals surface area contributed by atoms with E-state index in [1.165, 1.54) is 12.8 Å². The van der Waals surface area contributed by atoms with Crippen molar-refractivity contribution in [1.82, 2.24) is 0 Å². The van der Waals surface area contributed by atoms with Crippen molar-refractivity contribution in [1.29, 1.82) is 0 Å². The van der Waals surface area contributed by atoms with Crippen molar-refractivity contribution >= 4 is 35.8 Å². The SMILES string of the molecule is C=NC(C(CCCOC(C)O)N=C(N)C1(C2CCC(Cl)CC2)CC(C)C1)[C@@H]1CCCCC1Cl.